The van der Waals surface area contributed by atoms with Gasteiger partial charge in [0.05, 0.1) is 6.42 Å². The highest BCUT2D eigenvalue weighted by atomic mass is 16.6. The highest BCUT2D eigenvalue weighted by molar-refractivity contribution is 5.88. The van der Waals surface area contributed by atoms with Crippen LogP contribution in [0.15, 0.2) is 16.7 Å². The Morgan fingerprint density at radius 2 is 2.00 bits per heavy atom. The SMILES string of the molecule is C=C(Cc1nc([C@H](C)CCCCCC)no1)C(=O)OC(C)(C)C. The molecule has 0 amide bonds. The summed E-state index contributed by atoms with van der Waals surface area (Å²) in [6.07, 6.45) is 6.17. The van der Waals surface area contributed by atoms with E-state index in [2.05, 4.69) is 30.6 Å². The van der Waals surface area contributed by atoms with Crippen LogP contribution >= 0.6 is 0 Å². The Kier molecular flexibility index (Phi) is 7.46. The van der Waals surface area contributed by atoms with Gasteiger partial charge in [0.15, 0.2) is 5.82 Å². The summed E-state index contributed by atoms with van der Waals surface area (Å²) < 4.78 is 10.5. The van der Waals surface area contributed by atoms with Gasteiger partial charge in [-0.15, -0.1) is 0 Å². The van der Waals surface area contributed by atoms with Crippen LogP contribution in [-0.4, -0.2) is 21.7 Å². The fraction of sp³-hybridized carbons (Fsp3) is 0.722. The van der Waals surface area contributed by atoms with E-state index in [1.165, 1.54) is 25.7 Å². The third-order valence-electron chi connectivity index (χ3n) is 3.47. The quantitative estimate of drug-likeness (QED) is 0.378. The lowest BCUT2D eigenvalue weighted by Gasteiger charge is -2.19. The molecule has 1 aromatic heterocycles. The maximum absolute atomic E-state index is 11.9. The average Bonchev–Trinajstić information content (AvgIpc) is 2.90. The Morgan fingerprint density at radius 1 is 1.30 bits per heavy atom. The predicted molar refractivity (Wildman–Crippen MR) is 90.2 cm³/mol. The van der Waals surface area contributed by atoms with Crippen molar-refractivity contribution in [1.29, 1.82) is 0 Å². The second kappa shape index (κ2) is 8.85. The van der Waals surface area contributed by atoms with Crippen LogP contribution in [0.1, 0.15) is 84.4 Å². The van der Waals surface area contributed by atoms with Crippen molar-refractivity contribution in [3.05, 3.63) is 23.9 Å². The van der Waals surface area contributed by atoms with Gasteiger partial charge in [-0.1, -0.05) is 51.3 Å². The molecule has 0 aliphatic carbocycles. The zero-order valence-electron chi connectivity index (χ0n) is 15.1. The fourth-order valence-electron chi connectivity index (χ4n) is 2.15. The molecule has 0 unspecified atom stereocenters. The number of aromatic nitrogens is 2. The van der Waals surface area contributed by atoms with Crippen molar-refractivity contribution in [2.45, 2.75) is 84.7 Å². The number of rotatable bonds is 9. The largest absolute Gasteiger partial charge is 0.457 e. The lowest BCUT2D eigenvalue weighted by molar-refractivity contribution is -0.150. The summed E-state index contributed by atoms with van der Waals surface area (Å²) in [4.78, 5) is 16.3. The summed E-state index contributed by atoms with van der Waals surface area (Å²) in [6, 6.07) is 0. The molecule has 0 aromatic carbocycles. The molecule has 5 nitrogen and oxygen atoms in total. The second-order valence-electron chi connectivity index (χ2n) is 7.08. The molecular formula is C18H30N2O3. The van der Waals surface area contributed by atoms with Crippen molar-refractivity contribution in [3.8, 4) is 0 Å². The van der Waals surface area contributed by atoms with E-state index in [-0.39, 0.29) is 12.3 Å². The van der Waals surface area contributed by atoms with Crippen molar-refractivity contribution in [1.82, 2.24) is 10.1 Å². The minimum Gasteiger partial charge on any atom is -0.457 e. The highest BCUT2D eigenvalue weighted by Crippen LogP contribution is 2.20. The third-order valence-corrected chi connectivity index (χ3v) is 3.47. The fourth-order valence-corrected chi connectivity index (χ4v) is 2.15. The Balaban J connectivity index is 2.49. The van der Waals surface area contributed by atoms with Gasteiger partial charge in [0.1, 0.15) is 5.60 Å². The Hall–Kier alpha value is -1.65. The zero-order valence-corrected chi connectivity index (χ0v) is 15.1. The van der Waals surface area contributed by atoms with Gasteiger partial charge in [0.25, 0.3) is 0 Å². The number of unbranched alkanes of at least 4 members (excludes halogenated alkanes) is 3. The van der Waals surface area contributed by atoms with Crippen LogP contribution < -0.4 is 0 Å². The molecule has 0 N–H and O–H groups in total. The van der Waals surface area contributed by atoms with Gasteiger partial charge in [-0.05, 0) is 27.2 Å². The van der Waals surface area contributed by atoms with Crippen LogP contribution in [0.25, 0.3) is 0 Å². The zero-order chi connectivity index (χ0) is 17.5. The molecule has 0 aliphatic heterocycles. The first-order valence-corrected chi connectivity index (χ1v) is 8.46. The molecule has 1 atom stereocenters. The van der Waals surface area contributed by atoms with Gasteiger partial charge in [-0.3, -0.25) is 0 Å². The smallest absolute Gasteiger partial charge is 0.334 e. The number of esters is 1. The minimum atomic E-state index is -0.535. The van der Waals surface area contributed by atoms with Gasteiger partial charge in [-0.2, -0.15) is 4.98 Å². The van der Waals surface area contributed by atoms with Gasteiger partial charge >= 0.3 is 5.97 Å². The molecule has 0 saturated heterocycles. The number of hydrogen-bond donors (Lipinski definition) is 0. The standard InChI is InChI=1S/C18H30N2O3/c1-7-8-9-10-11-13(2)16-19-15(23-20-16)12-14(3)17(21)22-18(4,5)6/h13H,3,7-12H2,1-2,4-6H3/t13-/m1/s1. The highest BCUT2D eigenvalue weighted by Gasteiger charge is 2.21. The topological polar surface area (TPSA) is 65.2 Å². The van der Waals surface area contributed by atoms with E-state index in [4.69, 9.17) is 9.26 Å². The van der Waals surface area contributed by atoms with E-state index in [9.17, 15) is 4.79 Å². The van der Waals surface area contributed by atoms with E-state index in [0.29, 0.717) is 17.3 Å². The summed E-state index contributed by atoms with van der Waals surface area (Å²) in [5, 5.41) is 4.02. The van der Waals surface area contributed by atoms with Gasteiger partial charge in [-0.25, -0.2) is 4.79 Å². The van der Waals surface area contributed by atoms with Crippen molar-refractivity contribution >= 4 is 5.97 Å². The van der Waals surface area contributed by atoms with E-state index < -0.39 is 11.6 Å². The number of carbonyl (C=O) groups excluding carboxylic acids is 1. The van der Waals surface area contributed by atoms with Crippen LogP contribution in [0, 0.1) is 0 Å². The monoisotopic (exact) mass is 322 g/mol. The van der Waals surface area contributed by atoms with E-state index in [1.54, 1.807) is 0 Å². The summed E-state index contributed by atoms with van der Waals surface area (Å²) in [5.74, 6) is 0.953. The van der Waals surface area contributed by atoms with Gasteiger partial charge in [0, 0.05) is 11.5 Å². The first-order chi connectivity index (χ1) is 10.7. The molecule has 1 heterocycles. The van der Waals surface area contributed by atoms with Crippen LogP contribution in [0.3, 0.4) is 0 Å². The van der Waals surface area contributed by atoms with E-state index in [0.717, 1.165) is 6.42 Å². The van der Waals surface area contributed by atoms with Crippen LogP contribution in [-0.2, 0) is 16.0 Å². The maximum Gasteiger partial charge on any atom is 0.334 e. The molecule has 0 saturated carbocycles. The van der Waals surface area contributed by atoms with Gasteiger partial charge in [0.2, 0.25) is 5.89 Å². The molecule has 130 valence electrons. The van der Waals surface area contributed by atoms with Crippen LogP contribution in [0.2, 0.25) is 0 Å². The molecule has 23 heavy (non-hydrogen) atoms. The normalized spacial score (nSPS) is 12.9. The summed E-state index contributed by atoms with van der Waals surface area (Å²) in [6.45, 7) is 13.5. The Labute approximate surface area is 139 Å². The number of hydrogen-bond acceptors (Lipinski definition) is 5. The number of ether oxygens (including phenoxy) is 1. The first kappa shape index (κ1) is 19.4. The summed E-state index contributed by atoms with van der Waals surface area (Å²) in [5.41, 5.74) is -0.210. The van der Waals surface area contributed by atoms with E-state index in [1.807, 2.05) is 20.8 Å². The maximum atomic E-state index is 11.9. The summed E-state index contributed by atoms with van der Waals surface area (Å²) >= 11 is 0. The Bertz CT molecular complexity index is 515. The van der Waals surface area contributed by atoms with E-state index >= 15 is 0 Å². The van der Waals surface area contributed by atoms with Crippen LogP contribution in [0.5, 0.6) is 0 Å². The van der Waals surface area contributed by atoms with Crippen molar-refractivity contribution in [3.63, 3.8) is 0 Å². The predicted octanol–water partition coefficient (Wildman–Crippen LogP) is 4.58. The molecular weight excluding hydrogens is 292 g/mol. The number of nitrogens with zero attached hydrogens (tertiary/aromatic N) is 2. The molecule has 0 bridgehead atoms. The summed E-state index contributed by atoms with van der Waals surface area (Å²) in [7, 11) is 0. The number of carbonyl (C=O) groups is 1. The van der Waals surface area contributed by atoms with Gasteiger partial charge < -0.3 is 9.26 Å². The average molecular weight is 322 g/mol. The molecule has 0 fully saturated rings. The lowest BCUT2D eigenvalue weighted by atomic mass is 10.0. The molecule has 0 aliphatic rings. The van der Waals surface area contributed by atoms with Crippen molar-refractivity contribution < 1.29 is 14.1 Å². The molecule has 0 spiro atoms. The minimum absolute atomic E-state index is 0.227. The van der Waals surface area contributed by atoms with Crippen molar-refractivity contribution in [2.24, 2.45) is 0 Å². The third kappa shape index (κ3) is 7.44. The molecule has 0 radical (unpaired) electrons. The molecule has 1 aromatic rings. The Morgan fingerprint density at radius 3 is 2.61 bits per heavy atom. The van der Waals surface area contributed by atoms with Crippen molar-refractivity contribution in [2.75, 3.05) is 0 Å². The molecule has 1 rings (SSSR count). The molecule has 5 heteroatoms. The lowest BCUT2D eigenvalue weighted by Crippen LogP contribution is -2.25. The van der Waals surface area contributed by atoms with Crippen LogP contribution in [0.4, 0.5) is 0 Å². The second-order valence-corrected chi connectivity index (χ2v) is 7.08. The first-order valence-electron chi connectivity index (χ1n) is 8.46.